The molecule has 88 valence electrons. The molecule has 0 fully saturated rings. The molecule has 0 saturated carbocycles. The molecule has 0 spiro atoms. The van der Waals surface area contributed by atoms with Gasteiger partial charge in [0.2, 0.25) is 0 Å². The number of benzene rings is 2. The zero-order valence-corrected chi connectivity index (χ0v) is 12.0. The summed E-state index contributed by atoms with van der Waals surface area (Å²) >= 11 is 0. The molecule has 0 bridgehead atoms. The molecule has 0 nitrogen and oxygen atoms in total. The summed E-state index contributed by atoms with van der Waals surface area (Å²) < 4.78 is 0. The average Bonchev–Trinajstić information content (AvgIpc) is 2.95. The third kappa shape index (κ3) is 3.29. The summed E-state index contributed by atoms with van der Waals surface area (Å²) in [7, 11) is -0.433. The molecule has 19 heavy (non-hydrogen) atoms. The second-order valence-electron chi connectivity index (χ2n) is 4.18. The number of hydrogen-bond donors (Lipinski definition) is 0. The van der Waals surface area contributed by atoms with E-state index in [1.54, 1.807) is 0 Å². The Kier molecular flexibility index (Phi) is 5.23. The molecule has 0 saturated heterocycles. The van der Waals surface area contributed by atoms with E-state index in [9.17, 15) is 0 Å². The van der Waals surface area contributed by atoms with Gasteiger partial charge in [0.05, 0.1) is 0 Å². The van der Waals surface area contributed by atoms with Crippen molar-refractivity contribution in [2.75, 3.05) is 0 Å². The van der Waals surface area contributed by atoms with Gasteiger partial charge in [-0.2, -0.15) is 11.4 Å². The molecule has 0 aliphatic heterocycles. The van der Waals surface area contributed by atoms with Crippen LogP contribution in [-0.2, 0) is 0 Å². The van der Waals surface area contributed by atoms with Gasteiger partial charge in [0.15, 0.2) is 0 Å². The van der Waals surface area contributed by atoms with Crippen LogP contribution in [0, 0.1) is 6.08 Å². The maximum Gasteiger partial charge on any atom is 1.00 e. The van der Waals surface area contributed by atoms with E-state index in [1.807, 2.05) is 0 Å². The van der Waals surface area contributed by atoms with E-state index in [2.05, 4.69) is 78.9 Å². The van der Waals surface area contributed by atoms with E-state index in [-0.39, 0.29) is 18.9 Å². The molecule has 0 unspecified atom stereocenters. The van der Waals surface area contributed by atoms with Crippen molar-refractivity contribution >= 4 is 18.5 Å². The second-order valence-corrected chi connectivity index (χ2v) is 6.36. The van der Waals surface area contributed by atoms with Crippen molar-refractivity contribution in [3.63, 3.8) is 0 Å². The normalized spacial score (nSPS) is 13.2. The van der Waals surface area contributed by atoms with Gasteiger partial charge in [0.25, 0.3) is 0 Å². The van der Waals surface area contributed by atoms with Crippen molar-refractivity contribution < 1.29 is 18.9 Å². The van der Waals surface area contributed by atoms with Crippen LogP contribution >= 0.6 is 7.92 Å². The third-order valence-corrected chi connectivity index (χ3v) is 5.36. The van der Waals surface area contributed by atoms with Crippen molar-refractivity contribution in [2.45, 2.75) is 6.42 Å². The average molecular weight is 256 g/mol. The predicted molar refractivity (Wildman–Crippen MR) is 79.6 cm³/mol. The van der Waals surface area contributed by atoms with Gasteiger partial charge in [-0.3, -0.25) is 6.08 Å². The van der Waals surface area contributed by atoms with Crippen LogP contribution in [0.5, 0.6) is 0 Å². The van der Waals surface area contributed by atoms with Crippen LogP contribution in [0.2, 0.25) is 0 Å². The summed E-state index contributed by atoms with van der Waals surface area (Å²) in [5, 5.41) is 4.14. The van der Waals surface area contributed by atoms with E-state index in [4.69, 9.17) is 0 Å². The van der Waals surface area contributed by atoms with Crippen molar-refractivity contribution in [1.29, 1.82) is 0 Å². The minimum absolute atomic E-state index is 0. The largest absolute Gasteiger partial charge is 1.00 e. The Morgan fingerprint density at radius 2 is 1.32 bits per heavy atom. The van der Waals surface area contributed by atoms with Gasteiger partial charge in [-0.15, -0.1) is 6.42 Å². The molecule has 0 aromatic heterocycles. The fourth-order valence-electron chi connectivity index (χ4n) is 2.13. The topological polar surface area (TPSA) is 0 Å². The van der Waals surface area contributed by atoms with Gasteiger partial charge >= 0.3 is 18.9 Å². The number of allylic oxidation sites excluding steroid dienone is 4. The first kappa shape index (κ1) is 14.4. The Labute approximate surface area is 128 Å². The molecular weight excluding hydrogens is 242 g/mol. The van der Waals surface area contributed by atoms with Crippen LogP contribution < -0.4 is 29.5 Å². The maximum atomic E-state index is 3.49. The molecule has 2 heteroatoms. The van der Waals surface area contributed by atoms with Crippen LogP contribution in [0.3, 0.4) is 0 Å². The Morgan fingerprint density at radius 3 is 1.74 bits per heavy atom. The van der Waals surface area contributed by atoms with Gasteiger partial charge in [0.1, 0.15) is 0 Å². The molecule has 0 N–H and O–H groups in total. The monoisotopic (exact) mass is 256 g/mol. The van der Waals surface area contributed by atoms with Crippen molar-refractivity contribution in [2.24, 2.45) is 0 Å². The minimum atomic E-state index is -0.433. The van der Waals surface area contributed by atoms with Crippen LogP contribution in [0.25, 0.3) is 0 Å². The molecule has 0 heterocycles. The first-order valence-electron chi connectivity index (χ1n) is 6.13. The molecule has 2 aromatic carbocycles. The number of hydrogen-bond acceptors (Lipinski definition) is 0. The fourth-order valence-corrected chi connectivity index (χ4v) is 4.43. The standard InChI is InChI=1S/C17H14P.Li/c1-3-9-15(10-4-1)18(17-13-7-8-14-17)16-11-5-2-6-12-16;/h1-7,9-13H,8H2;/q-1;+1. The quantitative estimate of drug-likeness (QED) is 0.432. The SMILES string of the molecule is [C-]1=C(P(c2ccccc2)c2ccccc2)C=CC1.[Li+]. The van der Waals surface area contributed by atoms with E-state index in [1.165, 1.54) is 15.9 Å². The first-order chi connectivity index (χ1) is 8.95. The van der Waals surface area contributed by atoms with Gasteiger partial charge in [-0.1, -0.05) is 68.6 Å². The van der Waals surface area contributed by atoms with Gasteiger partial charge in [-0.25, -0.2) is 6.08 Å². The molecule has 0 radical (unpaired) electrons. The summed E-state index contributed by atoms with van der Waals surface area (Å²) in [5.41, 5.74) is 0. The fraction of sp³-hybridized carbons (Fsp3) is 0.0588. The van der Waals surface area contributed by atoms with Crippen LogP contribution in [0.15, 0.2) is 78.1 Å². The third-order valence-electron chi connectivity index (χ3n) is 2.95. The Morgan fingerprint density at radius 1 is 0.789 bits per heavy atom. The summed E-state index contributed by atoms with van der Waals surface area (Å²) in [5.74, 6) is 0. The number of rotatable bonds is 3. The first-order valence-corrected chi connectivity index (χ1v) is 7.47. The molecule has 0 amide bonds. The Bertz CT molecular complexity index is 533. The molecule has 0 atom stereocenters. The summed E-state index contributed by atoms with van der Waals surface area (Å²) in [6.45, 7) is 0. The molecule has 1 aliphatic rings. The Hall–Kier alpha value is -1.05. The van der Waals surface area contributed by atoms with Gasteiger partial charge < -0.3 is 0 Å². The molecule has 2 aromatic rings. The second kappa shape index (κ2) is 6.93. The predicted octanol–water partition coefficient (Wildman–Crippen LogP) is 0.770. The van der Waals surface area contributed by atoms with Crippen LogP contribution in [0.4, 0.5) is 0 Å². The summed E-state index contributed by atoms with van der Waals surface area (Å²) in [6.07, 6.45) is 8.86. The smallest absolute Gasteiger partial charge is 0.264 e. The van der Waals surface area contributed by atoms with Crippen LogP contribution in [-0.4, -0.2) is 0 Å². The minimum Gasteiger partial charge on any atom is -0.264 e. The van der Waals surface area contributed by atoms with Gasteiger partial charge in [-0.05, 0) is 10.6 Å². The van der Waals surface area contributed by atoms with Crippen molar-refractivity contribution in [3.8, 4) is 0 Å². The summed E-state index contributed by atoms with van der Waals surface area (Å²) in [4.78, 5) is 0. The van der Waals surface area contributed by atoms with E-state index in [0.717, 1.165) is 6.42 Å². The zero-order valence-electron chi connectivity index (χ0n) is 11.1. The van der Waals surface area contributed by atoms with E-state index < -0.39 is 7.92 Å². The van der Waals surface area contributed by atoms with E-state index in [0.29, 0.717) is 0 Å². The molecular formula is C17H14LiP. The molecule has 1 aliphatic carbocycles. The van der Waals surface area contributed by atoms with Crippen LogP contribution in [0.1, 0.15) is 6.42 Å². The summed E-state index contributed by atoms with van der Waals surface area (Å²) in [6, 6.07) is 21.5. The van der Waals surface area contributed by atoms with Gasteiger partial charge in [0, 0.05) is 0 Å². The van der Waals surface area contributed by atoms with E-state index >= 15 is 0 Å². The Balaban J connectivity index is 0.00000133. The van der Waals surface area contributed by atoms with Crippen molar-refractivity contribution in [3.05, 3.63) is 84.2 Å². The molecule has 3 rings (SSSR count). The van der Waals surface area contributed by atoms with Crippen molar-refractivity contribution in [1.82, 2.24) is 0 Å². The maximum absolute atomic E-state index is 3.49. The zero-order chi connectivity index (χ0) is 12.2.